The van der Waals surface area contributed by atoms with Crippen molar-refractivity contribution in [2.45, 2.75) is 47.9 Å². The fourth-order valence-corrected chi connectivity index (χ4v) is 5.83. The Morgan fingerprint density at radius 2 is 1.87 bits per heavy atom. The summed E-state index contributed by atoms with van der Waals surface area (Å²) < 4.78 is 1.32. The van der Waals surface area contributed by atoms with Gasteiger partial charge in [-0.05, 0) is 67.2 Å². The SMILES string of the molecule is O=C(O)C1(Sc2nc3ncccc3n2-c2ccc(C3CC3)c3ccccc23)CCC1. The number of carboxylic acid groups (broad SMARTS) is 1. The van der Waals surface area contributed by atoms with Crippen molar-refractivity contribution in [3.8, 4) is 5.69 Å². The number of hydrogen-bond acceptors (Lipinski definition) is 4. The second-order valence-corrected chi connectivity index (χ2v) is 9.68. The van der Waals surface area contributed by atoms with Crippen LogP contribution in [0.3, 0.4) is 0 Å². The van der Waals surface area contributed by atoms with E-state index in [1.807, 2.05) is 12.1 Å². The monoisotopic (exact) mass is 415 g/mol. The minimum Gasteiger partial charge on any atom is -0.480 e. The van der Waals surface area contributed by atoms with Crippen molar-refractivity contribution in [1.82, 2.24) is 14.5 Å². The highest BCUT2D eigenvalue weighted by atomic mass is 32.2. The number of imidazole rings is 1. The zero-order valence-corrected chi connectivity index (χ0v) is 17.2. The molecular weight excluding hydrogens is 394 g/mol. The molecule has 6 rings (SSSR count). The van der Waals surface area contributed by atoms with Crippen LogP contribution in [-0.2, 0) is 4.79 Å². The van der Waals surface area contributed by atoms with E-state index in [-0.39, 0.29) is 0 Å². The number of carbonyl (C=O) groups is 1. The number of benzene rings is 2. The molecule has 30 heavy (non-hydrogen) atoms. The van der Waals surface area contributed by atoms with Crippen molar-refractivity contribution in [2.24, 2.45) is 0 Å². The van der Waals surface area contributed by atoms with Crippen molar-refractivity contribution in [3.05, 3.63) is 60.3 Å². The van der Waals surface area contributed by atoms with Gasteiger partial charge in [0.15, 0.2) is 10.8 Å². The van der Waals surface area contributed by atoms with Crippen molar-refractivity contribution >= 4 is 39.7 Å². The van der Waals surface area contributed by atoms with Crippen molar-refractivity contribution in [2.75, 3.05) is 0 Å². The summed E-state index contributed by atoms with van der Waals surface area (Å²) >= 11 is 1.38. The third-order valence-corrected chi connectivity index (χ3v) is 7.86. The number of nitrogens with zero attached hydrogens (tertiary/aromatic N) is 3. The second-order valence-electron chi connectivity index (χ2n) is 8.32. The molecule has 5 nitrogen and oxygen atoms in total. The topological polar surface area (TPSA) is 68.0 Å². The van der Waals surface area contributed by atoms with Gasteiger partial charge < -0.3 is 5.11 Å². The van der Waals surface area contributed by atoms with E-state index in [9.17, 15) is 9.90 Å². The number of carboxylic acids is 1. The molecule has 0 atom stereocenters. The zero-order valence-electron chi connectivity index (χ0n) is 16.4. The average Bonchev–Trinajstić information content (AvgIpc) is 3.50. The Hall–Kier alpha value is -2.86. The highest BCUT2D eigenvalue weighted by Gasteiger charge is 2.47. The van der Waals surface area contributed by atoms with Gasteiger partial charge in [0.2, 0.25) is 0 Å². The van der Waals surface area contributed by atoms with Gasteiger partial charge in [0.05, 0.1) is 11.2 Å². The molecule has 2 aliphatic carbocycles. The average molecular weight is 416 g/mol. The summed E-state index contributed by atoms with van der Waals surface area (Å²) in [7, 11) is 0. The summed E-state index contributed by atoms with van der Waals surface area (Å²) in [4.78, 5) is 21.3. The molecule has 2 fully saturated rings. The molecule has 4 aromatic rings. The van der Waals surface area contributed by atoms with Crippen LogP contribution in [0.2, 0.25) is 0 Å². The molecule has 0 aliphatic heterocycles. The van der Waals surface area contributed by atoms with Gasteiger partial charge in [-0.25, -0.2) is 9.97 Å². The maximum Gasteiger partial charge on any atom is 0.320 e. The van der Waals surface area contributed by atoms with Gasteiger partial charge in [0.1, 0.15) is 4.75 Å². The van der Waals surface area contributed by atoms with E-state index < -0.39 is 10.7 Å². The fourth-order valence-electron chi connectivity index (χ4n) is 4.48. The Bertz CT molecular complexity index is 1300. The predicted octanol–water partition coefficient (Wildman–Crippen LogP) is 5.55. The third kappa shape index (κ3) is 2.67. The molecule has 0 spiro atoms. The van der Waals surface area contributed by atoms with Gasteiger partial charge in [-0.15, -0.1) is 0 Å². The van der Waals surface area contributed by atoms with E-state index in [4.69, 9.17) is 4.98 Å². The zero-order chi connectivity index (χ0) is 20.3. The molecule has 2 aromatic heterocycles. The van der Waals surface area contributed by atoms with Crippen molar-refractivity contribution < 1.29 is 9.90 Å². The molecule has 150 valence electrons. The lowest BCUT2D eigenvalue weighted by molar-refractivity contribution is -0.142. The van der Waals surface area contributed by atoms with Crippen LogP contribution in [0.4, 0.5) is 0 Å². The Labute approximate surface area is 178 Å². The summed E-state index contributed by atoms with van der Waals surface area (Å²) in [6.07, 6.45) is 6.53. The quantitative estimate of drug-likeness (QED) is 0.463. The van der Waals surface area contributed by atoms with Crippen LogP contribution in [0, 0.1) is 0 Å². The molecule has 2 aromatic carbocycles. The summed E-state index contributed by atoms with van der Waals surface area (Å²) in [6, 6.07) is 16.8. The summed E-state index contributed by atoms with van der Waals surface area (Å²) in [6.45, 7) is 0. The molecule has 0 amide bonds. The first-order chi connectivity index (χ1) is 14.7. The molecule has 0 radical (unpaired) electrons. The summed E-state index contributed by atoms with van der Waals surface area (Å²) in [5.41, 5.74) is 4.00. The van der Waals surface area contributed by atoms with Gasteiger partial charge >= 0.3 is 5.97 Å². The molecule has 2 aliphatic rings. The van der Waals surface area contributed by atoms with Crippen LogP contribution >= 0.6 is 11.8 Å². The second kappa shape index (κ2) is 6.57. The first-order valence-electron chi connectivity index (χ1n) is 10.4. The Kier molecular flexibility index (Phi) is 3.93. The molecule has 0 bridgehead atoms. The Morgan fingerprint density at radius 1 is 1.07 bits per heavy atom. The van der Waals surface area contributed by atoms with Gasteiger partial charge in [-0.1, -0.05) is 42.1 Å². The number of pyridine rings is 1. The fraction of sp³-hybridized carbons (Fsp3) is 0.292. The maximum atomic E-state index is 12.0. The third-order valence-electron chi connectivity index (χ3n) is 6.43. The van der Waals surface area contributed by atoms with Crippen molar-refractivity contribution in [1.29, 1.82) is 0 Å². The molecule has 2 saturated carbocycles. The van der Waals surface area contributed by atoms with Gasteiger partial charge in [0, 0.05) is 11.6 Å². The summed E-state index contributed by atoms with van der Waals surface area (Å²) in [5.74, 6) is -0.0940. The van der Waals surface area contributed by atoms with Crippen LogP contribution < -0.4 is 0 Å². The Balaban J connectivity index is 1.60. The molecule has 6 heteroatoms. The van der Waals surface area contributed by atoms with E-state index in [1.165, 1.54) is 40.9 Å². The van der Waals surface area contributed by atoms with E-state index >= 15 is 0 Å². The van der Waals surface area contributed by atoms with E-state index in [0.717, 1.165) is 17.6 Å². The van der Waals surface area contributed by atoms with Crippen LogP contribution in [0.15, 0.2) is 59.9 Å². The molecule has 0 saturated heterocycles. The number of aromatic nitrogens is 3. The lowest BCUT2D eigenvalue weighted by atomic mass is 9.84. The van der Waals surface area contributed by atoms with Crippen molar-refractivity contribution in [3.63, 3.8) is 0 Å². The molecular formula is C24H21N3O2S. The van der Waals surface area contributed by atoms with Gasteiger partial charge in [-0.2, -0.15) is 0 Å². The van der Waals surface area contributed by atoms with Crippen LogP contribution in [0.25, 0.3) is 27.6 Å². The highest BCUT2D eigenvalue weighted by Crippen LogP contribution is 2.49. The first-order valence-corrected chi connectivity index (χ1v) is 11.3. The van der Waals surface area contributed by atoms with E-state index in [2.05, 4.69) is 45.9 Å². The van der Waals surface area contributed by atoms with Gasteiger partial charge in [0.25, 0.3) is 0 Å². The predicted molar refractivity (Wildman–Crippen MR) is 118 cm³/mol. The summed E-state index contributed by atoms with van der Waals surface area (Å²) in [5, 5.41) is 13.0. The molecule has 1 N–H and O–H groups in total. The number of fused-ring (bicyclic) bond motifs is 2. The standard InChI is InChI=1S/C24H21N3O2S/c28-22(29)24(12-4-13-24)30-23-26-21-20(7-3-14-25-21)27(23)19-11-10-16(15-8-9-15)17-5-1-2-6-18(17)19/h1-3,5-7,10-11,14-15H,4,8-9,12-13H2,(H,28,29). The van der Waals surface area contributed by atoms with Crippen LogP contribution in [0.5, 0.6) is 0 Å². The highest BCUT2D eigenvalue weighted by molar-refractivity contribution is 8.01. The minimum absolute atomic E-state index is 0.648. The lowest BCUT2D eigenvalue weighted by Crippen LogP contribution is -2.42. The number of rotatable bonds is 5. The Morgan fingerprint density at radius 3 is 2.57 bits per heavy atom. The maximum absolute atomic E-state index is 12.0. The lowest BCUT2D eigenvalue weighted by Gasteiger charge is -2.36. The van der Waals surface area contributed by atoms with E-state index in [1.54, 1.807) is 6.20 Å². The van der Waals surface area contributed by atoms with E-state index in [0.29, 0.717) is 29.6 Å². The molecule has 2 heterocycles. The normalized spacial score (nSPS) is 17.9. The smallest absolute Gasteiger partial charge is 0.320 e. The largest absolute Gasteiger partial charge is 0.480 e. The van der Waals surface area contributed by atoms with Gasteiger partial charge in [-0.3, -0.25) is 9.36 Å². The number of hydrogen-bond donors (Lipinski definition) is 1. The molecule has 0 unspecified atom stereocenters. The number of aliphatic carboxylic acids is 1. The van der Waals surface area contributed by atoms with Crippen LogP contribution in [-0.4, -0.2) is 30.4 Å². The first kappa shape index (κ1) is 18.0. The number of thioether (sulfide) groups is 1. The van der Waals surface area contributed by atoms with Crippen LogP contribution in [0.1, 0.15) is 43.6 Å². The minimum atomic E-state index is -0.789.